The molecule has 1 aromatic heterocycles. The van der Waals surface area contributed by atoms with E-state index in [0.29, 0.717) is 16.9 Å². The highest BCUT2D eigenvalue weighted by molar-refractivity contribution is 6.46. The lowest BCUT2D eigenvalue weighted by molar-refractivity contribution is -0.140. The monoisotopic (exact) mass is 449 g/mol. The van der Waals surface area contributed by atoms with Crippen molar-refractivity contribution in [1.29, 1.82) is 0 Å². The van der Waals surface area contributed by atoms with Crippen LogP contribution in [0.15, 0.2) is 70.9 Å². The third kappa shape index (κ3) is 4.03. The Morgan fingerprint density at radius 1 is 1.12 bits per heavy atom. The lowest BCUT2D eigenvalue weighted by atomic mass is 9.94. The van der Waals surface area contributed by atoms with Crippen molar-refractivity contribution in [3.8, 4) is 0 Å². The molecule has 2 heterocycles. The summed E-state index contributed by atoms with van der Waals surface area (Å²) in [6.45, 7) is 1.55. The number of methoxy groups -OCH3 is 1. The van der Waals surface area contributed by atoms with Gasteiger partial charge in [-0.05, 0) is 48.4 Å². The zero-order valence-corrected chi connectivity index (χ0v) is 17.9. The van der Waals surface area contributed by atoms with E-state index >= 15 is 0 Å². The summed E-state index contributed by atoms with van der Waals surface area (Å²) in [4.78, 5) is 39.0. The molecule has 1 aliphatic heterocycles. The van der Waals surface area contributed by atoms with Gasteiger partial charge in [0.2, 0.25) is 0 Å². The second kappa shape index (κ2) is 8.74. The molecular weight excluding hydrogens is 429 g/mol. The molecule has 0 unspecified atom stereocenters. The van der Waals surface area contributed by atoms with Crippen LogP contribution in [0.1, 0.15) is 38.9 Å². The number of likely N-dealkylation sites (tertiary alicyclic amines) is 1. The van der Waals surface area contributed by atoms with E-state index in [1.165, 1.54) is 42.5 Å². The molecule has 0 spiro atoms. The number of esters is 1. The Morgan fingerprint density at radius 2 is 1.82 bits per heavy atom. The number of carbonyl (C=O) groups excluding carboxylic acids is 3. The summed E-state index contributed by atoms with van der Waals surface area (Å²) in [5.74, 6) is -2.88. The normalized spacial score (nSPS) is 17.4. The number of aliphatic hydroxyl groups excluding tert-OH is 1. The number of nitrogens with zero attached hydrogens (tertiary/aromatic N) is 1. The zero-order valence-electron chi connectivity index (χ0n) is 17.9. The predicted octanol–water partition coefficient (Wildman–Crippen LogP) is 4.14. The number of aryl methyl sites for hydroxylation is 1. The summed E-state index contributed by atoms with van der Waals surface area (Å²) in [6, 6.07) is 12.5. The summed E-state index contributed by atoms with van der Waals surface area (Å²) in [7, 11) is 1.26. The summed E-state index contributed by atoms with van der Waals surface area (Å²) >= 11 is 0. The molecule has 0 radical (unpaired) electrons. The SMILES string of the molecule is COC(=O)c1ccc([C@@H]2C(=C(O)c3ccc(C)c(F)c3)C(=O)C(=O)N2Cc2ccco2)cc1. The Morgan fingerprint density at radius 3 is 2.42 bits per heavy atom. The van der Waals surface area contributed by atoms with Crippen LogP contribution in [0.4, 0.5) is 4.39 Å². The van der Waals surface area contributed by atoms with Gasteiger partial charge in [0.25, 0.3) is 11.7 Å². The molecule has 1 atom stereocenters. The number of hydrogen-bond acceptors (Lipinski definition) is 6. The molecular formula is C25H20FNO6. The maximum atomic E-state index is 14.2. The molecule has 2 aromatic carbocycles. The topological polar surface area (TPSA) is 97.0 Å². The number of ketones is 1. The number of ether oxygens (including phenoxy) is 1. The van der Waals surface area contributed by atoms with Crippen molar-refractivity contribution < 1.29 is 33.0 Å². The maximum Gasteiger partial charge on any atom is 0.337 e. The maximum absolute atomic E-state index is 14.2. The van der Waals surface area contributed by atoms with Gasteiger partial charge < -0.3 is 19.2 Å². The lowest BCUT2D eigenvalue weighted by Gasteiger charge is -2.24. The average Bonchev–Trinajstić information content (AvgIpc) is 3.42. The lowest BCUT2D eigenvalue weighted by Crippen LogP contribution is -2.29. The first-order valence-corrected chi connectivity index (χ1v) is 10.1. The molecule has 7 nitrogen and oxygen atoms in total. The fraction of sp³-hybridized carbons (Fsp3) is 0.160. The number of furan rings is 1. The van der Waals surface area contributed by atoms with Crippen molar-refractivity contribution in [3.05, 3.63) is 100 Å². The van der Waals surface area contributed by atoms with Gasteiger partial charge in [0, 0.05) is 5.56 Å². The fourth-order valence-electron chi connectivity index (χ4n) is 3.78. The van der Waals surface area contributed by atoms with Crippen LogP contribution in [-0.2, 0) is 20.9 Å². The van der Waals surface area contributed by atoms with Crippen LogP contribution in [0.25, 0.3) is 5.76 Å². The Balaban J connectivity index is 1.85. The summed E-state index contributed by atoms with van der Waals surface area (Å²) in [5.41, 5.74) is 1.03. The van der Waals surface area contributed by atoms with E-state index < -0.39 is 35.3 Å². The molecule has 0 saturated carbocycles. The zero-order chi connectivity index (χ0) is 23.7. The number of rotatable bonds is 5. The number of halogens is 1. The molecule has 1 aliphatic rings. The van der Waals surface area contributed by atoms with Crippen molar-refractivity contribution in [2.75, 3.05) is 7.11 Å². The van der Waals surface area contributed by atoms with Crippen LogP contribution in [0, 0.1) is 12.7 Å². The number of hydrogen-bond donors (Lipinski definition) is 1. The Bertz CT molecular complexity index is 1260. The first-order chi connectivity index (χ1) is 15.8. The van der Waals surface area contributed by atoms with E-state index in [0.717, 1.165) is 6.07 Å². The number of benzene rings is 2. The van der Waals surface area contributed by atoms with Crippen molar-refractivity contribution in [1.82, 2.24) is 4.90 Å². The van der Waals surface area contributed by atoms with Gasteiger partial charge in [-0.15, -0.1) is 0 Å². The van der Waals surface area contributed by atoms with Gasteiger partial charge in [-0.3, -0.25) is 9.59 Å². The van der Waals surface area contributed by atoms with E-state index in [4.69, 9.17) is 9.15 Å². The summed E-state index contributed by atoms with van der Waals surface area (Å²) < 4.78 is 24.2. The summed E-state index contributed by atoms with van der Waals surface area (Å²) in [6.07, 6.45) is 1.45. The first kappa shape index (κ1) is 22.0. The Kier molecular flexibility index (Phi) is 5.83. The van der Waals surface area contributed by atoms with Crippen molar-refractivity contribution in [3.63, 3.8) is 0 Å². The molecule has 33 heavy (non-hydrogen) atoms. The Labute approximate surface area is 188 Å². The standard InChI is InChI=1S/C25H20FNO6/c1-14-5-6-17(12-19(14)26)22(28)20-21(15-7-9-16(10-8-15)25(31)32-2)27(24(30)23(20)29)13-18-4-3-11-33-18/h3-12,21,28H,13H2,1-2H3/t21-/m1/s1. The van der Waals surface area contributed by atoms with Gasteiger partial charge in [0.1, 0.15) is 17.3 Å². The molecule has 3 aromatic rings. The van der Waals surface area contributed by atoms with Crippen LogP contribution in [0.5, 0.6) is 0 Å². The second-order valence-corrected chi connectivity index (χ2v) is 7.58. The number of amides is 1. The molecule has 8 heteroatoms. The minimum atomic E-state index is -0.980. The fourth-order valence-corrected chi connectivity index (χ4v) is 3.78. The predicted molar refractivity (Wildman–Crippen MR) is 115 cm³/mol. The molecule has 0 aliphatic carbocycles. The van der Waals surface area contributed by atoms with Crippen molar-refractivity contribution >= 4 is 23.4 Å². The van der Waals surface area contributed by atoms with E-state index in [1.54, 1.807) is 31.2 Å². The minimum absolute atomic E-state index is 0.0277. The highest BCUT2D eigenvalue weighted by atomic mass is 19.1. The first-order valence-electron chi connectivity index (χ1n) is 10.1. The minimum Gasteiger partial charge on any atom is -0.507 e. The number of aliphatic hydroxyl groups is 1. The third-order valence-corrected chi connectivity index (χ3v) is 5.54. The van der Waals surface area contributed by atoms with Crippen molar-refractivity contribution in [2.24, 2.45) is 0 Å². The molecule has 4 rings (SSSR count). The van der Waals surface area contributed by atoms with E-state index in [-0.39, 0.29) is 23.2 Å². The van der Waals surface area contributed by atoms with Crippen LogP contribution < -0.4 is 0 Å². The van der Waals surface area contributed by atoms with Crippen LogP contribution in [0.3, 0.4) is 0 Å². The van der Waals surface area contributed by atoms with E-state index in [1.807, 2.05) is 0 Å². The number of carbonyl (C=O) groups is 3. The van der Waals surface area contributed by atoms with Gasteiger partial charge in [0.05, 0.1) is 37.1 Å². The highest BCUT2D eigenvalue weighted by Gasteiger charge is 2.46. The van der Waals surface area contributed by atoms with E-state index in [2.05, 4.69) is 0 Å². The van der Waals surface area contributed by atoms with Gasteiger partial charge >= 0.3 is 5.97 Å². The van der Waals surface area contributed by atoms with Gasteiger partial charge in [0.15, 0.2) is 0 Å². The van der Waals surface area contributed by atoms with Gasteiger partial charge in [-0.25, -0.2) is 9.18 Å². The molecule has 0 bridgehead atoms. The van der Waals surface area contributed by atoms with Crippen LogP contribution in [-0.4, -0.2) is 34.8 Å². The largest absolute Gasteiger partial charge is 0.507 e. The van der Waals surface area contributed by atoms with Crippen molar-refractivity contribution in [2.45, 2.75) is 19.5 Å². The molecule has 1 N–H and O–H groups in total. The quantitative estimate of drug-likeness (QED) is 0.272. The third-order valence-electron chi connectivity index (χ3n) is 5.54. The average molecular weight is 449 g/mol. The van der Waals surface area contributed by atoms with E-state index in [9.17, 15) is 23.9 Å². The number of Topliss-reactive ketones (excluding diaryl/α,β-unsaturated/α-hetero) is 1. The molecule has 1 saturated heterocycles. The van der Waals surface area contributed by atoms with Gasteiger partial charge in [-0.2, -0.15) is 0 Å². The molecule has 168 valence electrons. The van der Waals surface area contributed by atoms with Crippen LogP contribution in [0.2, 0.25) is 0 Å². The molecule has 1 fully saturated rings. The molecule has 1 amide bonds. The van der Waals surface area contributed by atoms with Crippen LogP contribution >= 0.6 is 0 Å². The highest BCUT2D eigenvalue weighted by Crippen LogP contribution is 2.40. The van der Waals surface area contributed by atoms with Gasteiger partial charge in [-0.1, -0.05) is 24.3 Å². The smallest absolute Gasteiger partial charge is 0.337 e. The second-order valence-electron chi connectivity index (χ2n) is 7.58. The Hall–Kier alpha value is -4.20. The summed E-state index contributed by atoms with van der Waals surface area (Å²) in [5, 5.41) is 11.0.